The fraction of sp³-hybridized carbons (Fsp3) is 0.103. The zero-order chi connectivity index (χ0) is 28.1. The number of hydrogen-bond acceptors (Lipinski definition) is 8. The molecule has 0 aliphatic heterocycles. The molecular formula is C29H25N5O5S. The molecule has 10 nitrogen and oxygen atoms in total. The molecule has 0 unspecified atom stereocenters. The number of methoxy groups -OCH3 is 3. The molecule has 0 atom stereocenters. The predicted molar refractivity (Wildman–Crippen MR) is 154 cm³/mol. The number of hydrogen-bond donors (Lipinski definition) is 2. The van der Waals surface area contributed by atoms with Crippen molar-refractivity contribution in [2.45, 2.75) is 0 Å². The lowest BCUT2D eigenvalue weighted by Crippen LogP contribution is -2.17. The molecule has 0 aliphatic carbocycles. The molecule has 0 spiro atoms. The largest absolute Gasteiger partial charge is 0.493 e. The maximum Gasteiger partial charge on any atom is 0.252 e. The minimum absolute atomic E-state index is 0.165. The van der Waals surface area contributed by atoms with Crippen molar-refractivity contribution in [3.8, 4) is 45.0 Å². The van der Waals surface area contributed by atoms with Gasteiger partial charge in [-0.25, -0.2) is 4.98 Å². The van der Waals surface area contributed by atoms with Crippen LogP contribution < -0.4 is 25.1 Å². The van der Waals surface area contributed by atoms with E-state index in [9.17, 15) is 9.59 Å². The van der Waals surface area contributed by atoms with Crippen LogP contribution in [-0.2, 0) is 4.79 Å². The molecule has 40 heavy (non-hydrogen) atoms. The number of carbonyl (C=O) groups excluding carboxylic acids is 1. The van der Waals surface area contributed by atoms with Crippen LogP contribution >= 0.6 is 11.3 Å². The molecule has 0 fully saturated rings. The van der Waals surface area contributed by atoms with Gasteiger partial charge in [-0.2, -0.15) is 9.78 Å². The van der Waals surface area contributed by atoms with Crippen LogP contribution in [0.25, 0.3) is 33.9 Å². The summed E-state index contributed by atoms with van der Waals surface area (Å²) < 4.78 is 17.5. The summed E-state index contributed by atoms with van der Waals surface area (Å²) in [7, 11) is 4.57. The van der Waals surface area contributed by atoms with Gasteiger partial charge in [0.15, 0.2) is 11.5 Å². The lowest BCUT2D eigenvalue weighted by atomic mass is 10.1. The topological polar surface area (TPSA) is 120 Å². The number of thiophene rings is 1. The normalized spacial score (nSPS) is 11.0. The lowest BCUT2D eigenvalue weighted by Gasteiger charge is -2.12. The van der Waals surface area contributed by atoms with Gasteiger partial charge in [-0.15, -0.1) is 11.3 Å². The van der Waals surface area contributed by atoms with E-state index in [2.05, 4.69) is 20.4 Å². The van der Waals surface area contributed by atoms with Crippen molar-refractivity contribution in [2.24, 2.45) is 0 Å². The predicted octanol–water partition coefficient (Wildman–Crippen LogP) is 5.03. The number of aromatic amines is 1. The Kier molecular flexibility index (Phi) is 7.74. The summed E-state index contributed by atoms with van der Waals surface area (Å²) in [4.78, 5) is 33.9. The highest BCUT2D eigenvalue weighted by Crippen LogP contribution is 2.38. The van der Waals surface area contributed by atoms with Crippen LogP contribution in [0.15, 0.2) is 83.0 Å². The van der Waals surface area contributed by atoms with E-state index >= 15 is 0 Å². The summed E-state index contributed by atoms with van der Waals surface area (Å²) in [6, 6.07) is 19.8. The highest BCUT2D eigenvalue weighted by molar-refractivity contribution is 7.13. The number of ether oxygens (including phenoxy) is 3. The maximum absolute atomic E-state index is 13.0. The second-order valence-electron chi connectivity index (χ2n) is 8.41. The van der Waals surface area contributed by atoms with E-state index in [-0.39, 0.29) is 11.5 Å². The third kappa shape index (κ3) is 5.64. The number of nitrogens with zero attached hydrogens (tertiary/aromatic N) is 3. The smallest absolute Gasteiger partial charge is 0.252 e. The number of aromatic nitrogens is 4. The summed E-state index contributed by atoms with van der Waals surface area (Å²) in [5.74, 6) is 1.46. The Balaban J connectivity index is 1.49. The molecule has 3 heterocycles. The van der Waals surface area contributed by atoms with E-state index < -0.39 is 5.91 Å². The number of H-pyrrole nitrogens is 1. The maximum atomic E-state index is 13.0. The van der Waals surface area contributed by atoms with Crippen molar-refractivity contribution in [2.75, 3.05) is 26.6 Å². The average molecular weight is 556 g/mol. The Morgan fingerprint density at radius 3 is 2.35 bits per heavy atom. The van der Waals surface area contributed by atoms with Gasteiger partial charge in [0, 0.05) is 23.8 Å². The Bertz CT molecular complexity index is 1700. The van der Waals surface area contributed by atoms with Crippen LogP contribution in [0.5, 0.6) is 17.2 Å². The molecule has 0 bridgehead atoms. The number of carbonyl (C=O) groups is 1. The molecule has 5 aromatic rings. The van der Waals surface area contributed by atoms with E-state index in [0.717, 1.165) is 10.4 Å². The van der Waals surface area contributed by atoms with Gasteiger partial charge in [-0.3, -0.25) is 14.6 Å². The highest BCUT2D eigenvalue weighted by Gasteiger charge is 2.17. The zero-order valence-corrected chi connectivity index (χ0v) is 22.7. The first-order chi connectivity index (χ1) is 19.5. The first-order valence-corrected chi connectivity index (χ1v) is 13.0. The summed E-state index contributed by atoms with van der Waals surface area (Å²) >= 11 is 1.50. The molecule has 202 valence electrons. The minimum atomic E-state index is -0.422. The third-order valence-corrected chi connectivity index (χ3v) is 6.74. The molecule has 3 aromatic heterocycles. The van der Waals surface area contributed by atoms with Crippen molar-refractivity contribution in [1.29, 1.82) is 0 Å². The van der Waals surface area contributed by atoms with E-state index in [0.29, 0.717) is 40.0 Å². The molecular weight excluding hydrogens is 530 g/mol. The first-order valence-electron chi connectivity index (χ1n) is 12.1. The molecule has 1 amide bonds. The van der Waals surface area contributed by atoms with E-state index in [1.807, 2.05) is 47.8 Å². The van der Waals surface area contributed by atoms with Crippen molar-refractivity contribution >= 4 is 29.1 Å². The Hall–Kier alpha value is -5.16. The average Bonchev–Trinajstić information content (AvgIpc) is 3.66. The molecule has 2 aromatic carbocycles. The van der Waals surface area contributed by atoms with Gasteiger partial charge in [0.2, 0.25) is 17.6 Å². The van der Waals surface area contributed by atoms with Crippen LogP contribution in [0.4, 0.5) is 5.82 Å². The minimum Gasteiger partial charge on any atom is -0.493 e. The molecule has 5 rings (SSSR count). The Labute approximate surface area is 233 Å². The van der Waals surface area contributed by atoms with E-state index in [1.165, 1.54) is 49.5 Å². The fourth-order valence-electron chi connectivity index (χ4n) is 4.02. The molecule has 0 aliphatic rings. The van der Waals surface area contributed by atoms with Crippen LogP contribution in [0.1, 0.15) is 5.56 Å². The third-order valence-electron chi connectivity index (χ3n) is 5.85. The van der Waals surface area contributed by atoms with Gasteiger partial charge in [0.25, 0.3) is 5.56 Å². The lowest BCUT2D eigenvalue weighted by molar-refractivity contribution is -0.111. The van der Waals surface area contributed by atoms with Crippen molar-refractivity contribution in [3.63, 3.8) is 0 Å². The van der Waals surface area contributed by atoms with Gasteiger partial charge in [-0.05, 0) is 35.2 Å². The van der Waals surface area contributed by atoms with Gasteiger partial charge in [0.1, 0.15) is 11.5 Å². The van der Waals surface area contributed by atoms with Gasteiger partial charge in [0.05, 0.1) is 31.9 Å². The number of anilines is 1. The SMILES string of the molecule is COc1cc(/C=C\C(=O)Nc2cc(-c3cccs3)nn2-c2nc(-c3ccccc3)cc(=O)[nH]2)cc(OC)c1OC. The van der Waals surface area contributed by atoms with Crippen LogP contribution in [0, 0.1) is 0 Å². The van der Waals surface area contributed by atoms with Gasteiger partial charge < -0.3 is 19.5 Å². The Morgan fingerprint density at radius 2 is 1.70 bits per heavy atom. The zero-order valence-electron chi connectivity index (χ0n) is 21.9. The molecule has 2 N–H and O–H groups in total. The highest BCUT2D eigenvalue weighted by atomic mass is 32.1. The van der Waals surface area contributed by atoms with Crippen LogP contribution in [0.3, 0.4) is 0 Å². The molecule has 0 saturated heterocycles. The number of rotatable bonds is 9. The van der Waals surface area contributed by atoms with Gasteiger partial charge in [-0.1, -0.05) is 36.4 Å². The quantitative estimate of drug-likeness (QED) is 0.245. The standard InChI is InChI=1S/C29H25N5O5S/c1-37-22-14-18(15-23(38-2)28(22)39-3)11-12-26(35)31-25-16-21(24-10-7-13-40-24)33-34(25)29-30-20(17-27(36)32-29)19-8-5-4-6-9-19/h4-17H,1-3H3,(H,31,35)(H,30,32,36)/b12-11-. The number of amides is 1. The van der Waals surface area contributed by atoms with E-state index in [1.54, 1.807) is 24.3 Å². The van der Waals surface area contributed by atoms with Crippen molar-refractivity contribution in [1.82, 2.24) is 19.7 Å². The fourth-order valence-corrected chi connectivity index (χ4v) is 4.70. The van der Waals surface area contributed by atoms with Crippen molar-refractivity contribution < 1.29 is 19.0 Å². The number of benzene rings is 2. The summed E-state index contributed by atoms with van der Waals surface area (Å²) in [6.07, 6.45) is 3.00. The second kappa shape index (κ2) is 11.7. The number of nitrogens with one attached hydrogen (secondary N) is 2. The summed E-state index contributed by atoms with van der Waals surface area (Å²) in [6.45, 7) is 0. The second-order valence-corrected chi connectivity index (χ2v) is 9.35. The monoisotopic (exact) mass is 555 g/mol. The van der Waals surface area contributed by atoms with Crippen LogP contribution in [0.2, 0.25) is 0 Å². The molecule has 0 saturated carbocycles. The van der Waals surface area contributed by atoms with E-state index in [4.69, 9.17) is 14.2 Å². The summed E-state index contributed by atoms with van der Waals surface area (Å²) in [5, 5.41) is 9.43. The first kappa shape index (κ1) is 26.4. The van der Waals surface area contributed by atoms with Crippen LogP contribution in [-0.4, -0.2) is 47.0 Å². The Morgan fingerprint density at radius 1 is 0.950 bits per heavy atom. The molecule has 11 heteroatoms. The van der Waals surface area contributed by atoms with Gasteiger partial charge >= 0.3 is 0 Å². The molecule has 0 radical (unpaired) electrons. The summed E-state index contributed by atoms with van der Waals surface area (Å²) in [5.41, 5.74) is 2.19. The van der Waals surface area contributed by atoms with Crippen molar-refractivity contribution in [3.05, 3.63) is 94.1 Å².